The van der Waals surface area contributed by atoms with E-state index in [-0.39, 0.29) is 5.91 Å². The second-order valence-electron chi connectivity index (χ2n) is 6.95. The molecule has 2 aromatic heterocycles. The van der Waals surface area contributed by atoms with Crippen LogP contribution in [0.15, 0.2) is 47.1 Å². The fourth-order valence-electron chi connectivity index (χ4n) is 3.43. The quantitative estimate of drug-likeness (QED) is 0.555. The Labute approximate surface area is 183 Å². The summed E-state index contributed by atoms with van der Waals surface area (Å²) in [6.07, 6.45) is 1.69. The number of nitrogens with zero attached hydrogens (tertiary/aromatic N) is 3. The number of ether oxygens (including phenoxy) is 1. The van der Waals surface area contributed by atoms with E-state index in [9.17, 15) is 4.79 Å². The van der Waals surface area contributed by atoms with Gasteiger partial charge in [0.05, 0.1) is 18.4 Å². The van der Waals surface area contributed by atoms with Crippen LogP contribution in [0.2, 0.25) is 0 Å². The summed E-state index contributed by atoms with van der Waals surface area (Å²) in [7, 11) is 1.65. The number of pyridine rings is 2. The third-order valence-electron chi connectivity index (χ3n) is 4.97. The number of nitrogens with one attached hydrogen (secondary N) is 2. The van der Waals surface area contributed by atoms with Crippen molar-refractivity contribution in [2.24, 2.45) is 0 Å². The average Bonchev–Trinajstić information content (AvgIpc) is 2.87. The average molecular weight is 468 g/mol. The van der Waals surface area contributed by atoms with Crippen LogP contribution in [0.5, 0.6) is 5.75 Å². The van der Waals surface area contributed by atoms with E-state index in [1.165, 1.54) is 0 Å². The zero-order chi connectivity index (χ0) is 21.3. The minimum atomic E-state index is -0.195. The second kappa shape index (κ2) is 8.31. The number of halogens is 1. The lowest BCUT2D eigenvalue weighted by molar-refractivity contribution is 0.102. The number of aryl methyl sites for hydroxylation is 1. The first-order valence-electron chi connectivity index (χ1n) is 9.63. The normalized spacial score (nSPS) is 12.5. The van der Waals surface area contributed by atoms with Gasteiger partial charge < -0.3 is 20.3 Å². The zero-order valence-corrected chi connectivity index (χ0v) is 18.6. The van der Waals surface area contributed by atoms with E-state index in [2.05, 4.69) is 31.5 Å². The maximum atomic E-state index is 12.8. The lowest BCUT2D eigenvalue weighted by Crippen LogP contribution is -2.20. The van der Waals surface area contributed by atoms with Gasteiger partial charge in [-0.3, -0.25) is 4.79 Å². The van der Waals surface area contributed by atoms with Gasteiger partial charge in [0.1, 0.15) is 17.4 Å². The predicted molar refractivity (Wildman–Crippen MR) is 122 cm³/mol. The number of carbonyl (C=O) groups is 1. The first kappa shape index (κ1) is 20.2. The molecule has 0 unspecified atom stereocenters. The molecule has 3 aromatic rings. The number of methoxy groups -OCH3 is 1. The van der Waals surface area contributed by atoms with Crippen molar-refractivity contribution in [3.63, 3.8) is 0 Å². The first-order valence-corrected chi connectivity index (χ1v) is 10.4. The van der Waals surface area contributed by atoms with Crippen LogP contribution in [0.25, 0.3) is 0 Å². The largest absolute Gasteiger partial charge is 0.497 e. The van der Waals surface area contributed by atoms with Crippen LogP contribution >= 0.6 is 15.9 Å². The van der Waals surface area contributed by atoms with Crippen molar-refractivity contribution in [1.29, 1.82) is 0 Å². The van der Waals surface area contributed by atoms with Gasteiger partial charge in [0, 0.05) is 23.8 Å². The fourth-order valence-corrected chi connectivity index (χ4v) is 3.76. The molecule has 8 heteroatoms. The van der Waals surface area contributed by atoms with Crippen molar-refractivity contribution >= 4 is 45.0 Å². The minimum Gasteiger partial charge on any atom is -0.497 e. The number of hydrogen-bond donors (Lipinski definition) is 2. The summed E-state index contributed by atoms with van der Waals surface area (Å²) < 4.78 is 5.96. The highest BCUT2D eigenvalue weighted by Crippen LogP contribution is 2.38. The van der Waals surface area contributed by atoms with Gasteiger partial charge in [-0.1, -0.05) is 12.1 Å². The van der Waals surface area contributed by atoms with Crippen LogP contribution in [-0.2, 0) is 6.54 Å². The molecule has 154 valence electrons. The monoisotopic (exact) mass is 467 g/mol. The maximum absolute atomic E-state index is 12.8. The van der Waals surface area contributed by atoms with Crippen molar-refractivity contribution in [3.8, 4) is 5.75 Å². The number of rotatable bonds is 5. The number of anilines is 4. The van der Waals surface area contributed by atoms with E-state index in [0.29, 0.717) is 36.0 Å². The summed E-state index contributed by atoms with van der Waals surface area (Å²) in [5, 5.41) is 6.39. The Bertz CT molecular complexity index is 1100. The predicted octanol–water partition coefficient (Wildman–Crippen LogP) is 4.89. The highest BCUT2D eigenvalue weighted by Gasteiger charge is 2.28. The van der Waals surface area contributed by atoms with Crippen molar-refractivity contribution in [1.82, 2.24) is 9.97 Å². The third-order valence-corrected chi connectivity index (χ3v) is 5.41. The van der Waals surface area contributed by atoms with Gasteiger partial charge in [-0.2, -0.15) is 0 Å². The lowest BCUT2D eigenvalue weighted by Gasteiger charge is -2.23. The molecule has 30 heavy (non-hydrogen) atoms. The standard InChI is InChI=1S/C22H22BrN5O2/c1-4-28-20-17(10-15(23)12-25-20)22(29)27-19-13(2)9-18(26-21(19)28)24-11-14-5-7-16(30-3)8-6-14/h5-10,12H,4,11H2,1-3H3,(H,24,26)(H,27,29). The molecule has 0 saturated carbocycles. The maximum Gasteiger partial charge on any atom is 0.259 e. The highest BCUT2D eigenvalue weighted by molar-refractivity contribution is 9.10. The molecule has 0 fully saturated rings. The Balaban J connectivity index is 1.68. The molecule has 0 bridgehead atoms. The van der Waals surface area contributed by atoms with E-state index in [1.54, 1.807) is 19.4 Å². The van der Waals surface area contributed by atoms with Crippen LogP contribution in [-0.4, -0.2) is 29.5 Å². The summed E-state index contributed by atoms with van der Waals surface area (Å²) in [5.41, 5.74) is 3.25. The van der Waals surface area contributed by atoms with Crippen LogP contribution in [0.3, 0.4) is 0 Å². The Kier molecular flexibility index (Phi) is 5.59. The number of fused-ring (bicyclic) bond motifs is 2. The van der Waals surface area contributed by atoms with Gasteiger partial charge in [0.2, 0.25) is 0 Å². The molecule has 3 heterocycles. The Morgan fingerprint density at radius 3 is 2.67 bits per heavy atom. The van der Waals surface area contributed by atoms with Gasteiger partial charge in [-0.15, -0.1) is 0 Å². The van der Waals surface area contributed by atoms with Gasteiger partial charge >= 0.3 is 0 Å². The fraction of sp³-hybridized carbons (Fsp3) is 0.227. The van der Waals surface area contributed by atoms with Gasteiger partial charge in [-0.25, -0.2) is 9.97 Å². The molecule has 1 aromatic carbocycles. The number of hydrogen-bond acceptors (Lipinski definition) is 6. The topological polar surface area (TPSA) is 79.4 Å². The lowest BCUT2D eigenvalue weighted by atomic mass is 10.2. The Hall–Kier alpha value is -3.13. The van der Waals surface area contributed by atoms with E-state index >= 15 is 0 Å². The summed E-state index contributed by atoms with van der Waals surface area (Å²) >= 11 is 3.40. The number of aromatic nitrogens is 2. The minimum absolute atomic E-state index is 0.195. The summed E-state index contributed by atoms with van der Waals surface area (Å²) in [6, 6.07) is 11.6. The van der Waals surface area contributed by atoms with Gasteiger partial charge in [-0.05, 0) is 65.2 Å². The summed E-state index contributed by atoms with van der Waals surface area (Å²) in [6.45, 7) is 5.22. The summed E-state index contributed by atoms with van der Waals surface area (Å²) in [5.74, 6) is 2.63. The molecule has 0 atom stereocenters. The zero-order valence-electron chi connectivity index (χ0n) is 17.0. The van der Waals surface area contributed by atoms with Crippen LogP contribution in [0.1, 0.15) is 28.4 Å². The van der Waals surface area contributed by atoms with Crippen molar-refractivity contribution in [3.05, 3.63) is 63.8 Å². The number of amides is 1. The van der Waals surface area contributed by atoms with Crippen molar-refractivity contribution in [2.45, 2.75) is 20.4 Å². The Morgan fingerprint density at radius 1 is 1.20 bits per heavy atom. The van der Waals surface area contributed by atoms with Gasteiger partial charge in [0.15, 0.2) is 5.82 Å². The van der Waals surface area contributed by atoms with E-state index < -0.39 is 0 Å². The van der Waals surface area contributed by atoms with Crippen LogP contribution < -0.4 is 20.3 Å². The SMILES string of the molecule is CCN1c2ncc(Br)cc2C(=O)Nc2c(C)cc(NCc3ccc(OC)cc3)nc21. The first-order chi connectivity index (χ1) is 14.5. The molecule has 0 aliphatic carbocycles. The number of carbonyl (C=O) groups excluding carboxylic acids is 1. The molecular formula is C22H22BrN5O2. The molecule has 0 saturated heterocycles. The molecule has 1 aliphatic heterocycles. The van der Waals surface area contributed by atoms with E-state index in [4.69, 9.17) is 9.72 Å². The molecule has 1 aliphatic rings. The molecule has 7 nitrogen and oxygen atoms in total. The van der Waals surface area contributed by atoms with Crippen LogP contribution in [0.4, 0.5) is 23.1 Å². The molecule has 4 rings (SSSR count). The molecule has 2 N–H and O–H groups in total. The second-order valence-corrected chi connectivity index (χ2v) is 7.86. The van der Waals surface area contributed by atoms with E-state index in [0.717, 1.165) is 27.2 Å². The number of benzene rings is 1. The smallest absolute Gasteiger partial charge is 0.259 e. The molecule has 0 radical (unpaired) electrons. The molecular weight excluding hydrogens is 446 g/mol. The summed E-state index contributed by atoms with van der Waals surface area (Å²) in [4.78, 5) is 24.1. The highest BCUT2D eigenvalue weighted by atomic mass is 79.9. The molecule has 0 spiro atoms. The van der Waals surface area contributed by atoms with E-state index in [1.807, 2.05) is 49.1 Å². The third kappa shape index (κ3) is 3.82. The van der Waals surface area contributed by atoms with Crippen molar-refractivity contribution in [2.75, 3.05) is 29.2 Å². The van der Waals surface area contributed by atoms with Crippen LogP contribution in [0, 0.1) is 6.92 Å². The van der Waals surface area contributed by atoms with Gasteiger partial charge in [0.25, 0.3) is 5.91 Å². The molecule has 1 amide bonds. The Morgan fingerprint density at radius 2 is 1.97 bits per heavy atom. The van der Waals surface area contributed by atoms with Crippen molar-refractivity contribution < 1.29 is 9.53 Å².